The molecule has 150 valence electrons. The number of benzene rings is 1. The van der Waals surface area contributed by atoms with E-state index < -0.39 is 23.7 Å². The Kier molecular flexibility index (Phi) is 7.66. The number of nitrogens with one attached hydrogen (secondary N) is 1. The molecule has 1 aliphatic heterocycles. The first kappa shape index (κ1) is 21.2. The summed E-state index contributed by atoms with van der Waals surface area (Å²) in [6.45, 7) is 11.0. The van der Waals surface area contributed by atoms with Gasteiger partial charge in [0.05, 0.1) is 6.61 Å². The number of piperidine rings is 1. The number of alkyl carbamates (subject to hydrolysis) is 1. The monoisotopic (exact) mass is 376 g/mol. The summed E-state index contributed by atoms with van der Waals surface area (Å²) in [6.07, 6.45) is 1.41. The molecule has 2 rings (SSSR count). The van der Waals surface area contributed by atoms with Crippen molar-refractivity contribution in [3.63, 3.8) is 0 Å². The number of rotatable bonds is 6. The Morgan fingerprint density at radius 2 is 1.81 bits per heavy atom. The minimum absolute atomic E-state index is 0.370. The Morgan fingerprint density at radius 1 is 1.19 bits per heavy atom. The highest BCUT2D eigenvalue weighted by molar-refractivity contribution is 5.82. The Balaban J connectivity index is 1.96. The van der Waals surface area contributed by atoms with E-state index in [0.717, 1.165) is 32.5 Å². The van der Waals surface area contributed by atoms with E-state index in [1.807, 2.05) is 18.2 Å². The van der Waals surface area contributed by atoms with Crippen molar-refractivity contribution in [3.8, 4) is 0 Å². The lowest BCUT2D eigenvalue weighted by Crippen LogP contribution is -2.40. The SMILES string of the molecule is CCN1CCC(COC(=O)C(NC(=O)OC(C)(C)C)c2ccccc2)CC1. The van der Waals surface area contributed by atoms with Crippen LogP contribution in [0.3, 0.4) is 0 Å². The van der Waals surface area contributed by atoms with Gasteiger partial charge in [0.15, 0.2) is 6.04 Å². The summed E-state index contributed by atoms with van der Waals surface area (Å²) in [5.41, 5.74) is 0.0387. The topological polar surface area (TPSA) is 67.9 Å². The second-order valence-electron chi connectivity index (χ2n) is 8.00. The van der Waals surface area contributed by atoms with Gasteiger partial charge in [0.2, 0.25) is 0 Å². The van der Waals surface area contributed by atoms with Gasteiger partial charge in [-0.05, 0) is 64.7 Å². The van der Waals surface area contributed by atoms with Crippen molar-refractivity contribution in [2.45, 2.75) is 52.2 Å². The van der Waals surface area contributed by atoms with Crippen molar-refractivity contribution in [2.24, 2.45) is 5.92 Å². The lowest BCUT2D eigenvalue weighted by Gasteiger charge is -2.31. The zero-order chi connectivity index (χ0) is 19.9. The highest BCUT2D eigenvalue weighted by Gasteiger charge is 2.28. The molecular formula is C21H32N2O4. The summed E-state index contributed by atoms with van der Waals surface area (Å²) in [6, 6.07) is 8.23. The van der Waals surface area contributed by atoms with Crippen LogP contribution < -0.4 is 5.32 Å². The third-order valence-corrected chi connectivity index (χ3v) is 4.65. The third kappa shape index (κ3) is 7.21. The van der Waals surface area contributed by atoms with E-state index in [0.29, 0.717) is 18.1 Å². The van der Waals surface area contributed by atoms with Crippen molar-refractivity contribution in [3.05, 3.63) is 35.9 Å². The lowest BCUT2D eigenvalue weighted by atomic mass is 9.98. The molecule has 0 spiro atoms. The number of likely N-dealkylation sites (tertiary alicyclic amines) is 1. The van der Waals surface area contributed by atoms with Gasteiger partial charge < -0.3 is 19.7 Å². The van der Waals surface area contributed by atoms with Gasteiger partial charge in [-0.1, -0.05) is 37.3 Å². The van der Waals surface area contributed by atoms with Crippen LogP contribution in [0.4, 0.5) is 4.79 Å². The molecule has 0 aliphatic carbocycles. The van der Waals surface area contributed by atoms with Gasteiger partial charge in [-0.25, -0.2) is 9.59 Å². The maximum absolute atomic E-state index is 12.7. The number of hydrogen-bond acceptors (Lipinski definition) is 5. The molecule has 0 bridgehead atoms. The van der Waals surface area contributed by atoms with Crippen LogP contribution in [0.1, 0.15) is 52.1 Å². The Morgan fingerprint density at radius 3 is 2.37 bits per heavy atom. The van der Waals surface area contributed by atoms with Crippen LogP contribution in [0.15, 0.2) is 30.3 Å². The van der Waals surface area contributed by atoms with Crippen molar-refractivity contribution in [2.75, 3.05) is 26.2 Å². The van der Waals surface area contributed by atoms with E-state index in [4.69, 9.17) is 9.47 Å². The summed E-state index contributed by atoms with van der Waals surface area (Å²) in [5, 5.41) is 2.65. The van der Waals surface area contributed by atoms with Gasteiger partial charge in [0, 0.05) is 0 Å². The highest BCUT2D eigenvalue weighted by atomic mass is 16.6. The second kappa shape index (κ2) is 9.74. The van der Waals surface area contributed by atoms with Gasteiger partial charge in [0.25, 0.3) is 0 Å². The second-order valence-corrected chi connectivity index (χ2v) is 8.00. The molecule has 1 aromatic carbocycles. The highest BCUT2D eigenvalue weighted by Crippen LogP contribution is 2.20. The van der Waals surface area contributed by atoms with Gasteiger partial charge in [0.1, 0.15) is 5.60 Å². The molecule has 1 aromatic rings. The fourth-order valence-electron chi connectivity index (χ4n) is 3.10. The normalized spacial score (nSPS) is 17.2. The standard InChI is InChI=1S/C21H32N2O4/c1-5-23-13-11-16(12-14-23)15-26-19(24)18(17-9-7-6-8-10-17)22-20(25)27-21(2,3)4/h6-10,16,18H,5,11-15H2,1-4H3,(H,22,25). The quantitative estimate of drug-likeness (QED) is 0.770. The molecule has 1 amide bonds. The van der Waals surface area contributed by atoms with E-state index >= 15 is 0 Å². The molecule has 1 unspecified atom stereocenters. The molecule has 1 N–H and O–H groups in total. The number of esters is 1. The van der Waals surface area contributed by atoms with Crippen LogP contribution >= 0.6 is 0 Å². The molecule has 1 aliphatic rings. The third-order valence-electron chi connectivity index (χ3n) is 4.65. The minimum atomic E-state index is -0.878. The first-order chi connectivity index (χ1) is 12.8. The molecule has 0 saturated carbocycles. The molecular weight excluding hydrogens is 344 g/mol. The van der Waals surface area contributed by atoms with E-state index in [1.54, 1.807) is 32.9 Å². The molecule has 6 heteroatoms. The maximum Gasteiger partial charge on any atom is 0.408 e. The number of carbonyl (C=O) groups excluding carboxylic acids is 2. The number of ether oxygens (including phenoxy) is 2. The van der Waals surface area contributed by atoms with Crippen molar-refractivity contribution in [1.29, 1.82) is 0 Å². The summed E-state index contributed by atoms with van der Waals surface area (Å²) in [5.74, 6) is -0.0836. The Hall–Kier alpha value is -2.08. The molecule has 0 aromatic heterocycles. The molecule has 1 atom stereocenters. The lowest BCUT2D eigenvalue weighted by molar-refractivity contribution is -0.148. The van der Waals surface area contributed by atoms with Crippen molar-refractivity contribution >= 4 is 12.1 Å². The summed E-state index contributed by atoms with van der Waals surface area (Å²) < 4.78 is 10.9. The number of carbonyl (C=O) groups is 2. The Labute approximate surface area is 162 Å². The molecule has 1 saturated heterocycles. The van der Waals surface area contributed by atoms with Crippen LogP contribution in [0, 0.1) is 5.92 Å². The van der Waals surface area contributed by atoms with Gasteiger partial charge in [-0.3, -0.25) is 0 Å². The van der Waals surface area contributed by atoms with Crippen LogP contribution in [-0.4, -0.2) is 48.8 Å². The zero-order valence-corrected chi connectivity index (χ0v) is 16.9. The number of amides is 1. The first-order valence-electron chi connectivity index (χ1n) is 9.72. The first-order valence-corrected chi connectivity index (χ1v) is 9.72. The average molecular weight is 376 g/mol. The molecule has 27 heavy (non-hydrogen) atoms. The van der Waals surface area contributed by atoms with Crippen LogP contribution in [0.2, 0.25) is 0 Å². The molecule has 6 nitrogen and oxygen atoms in total. The summed E-state index contributed by atoms with van der Waals surface area (Å²) in [4.78, 5) is 27.3. The van der Waals surface area contributed by atoms with Gasteiger partial charge >= 0.3 is 12.1 Å². The number of hydrogen-bond donors (Lipinski definition) is 1. The minimum Gasteiger partial charge on any atom is -0.464 e. The average Bonchev–Trinajstić information content (AvgIpc) is 2.64. The van der Waals surface area contributed by atoms with E-state index in [2.05, 4.69) is 17.1 Å². The zero-order valence-electron chi connectivity index (χ0n) is 16.9. The largest absolute Gasteiger partial charge is 0.464 e. The predicted molar refractivity (Wildman–Crippen MR) is 104 cm³/mol. The summed E-state index contributed by atoms with van der Waals surface area (Å²) in [7, 11) is 0. The summed E-state index contributed by atoms with van der Waals surface area (Å²) >= 11 is 0. The van der Waals surface area contributed by atoms with Crippen molar-refractivity contribution in [1.82, 2.24) is 10.2 Å². The van der Waals surface area contributed by atoms with Gasteiger partial charge in [-0.2, -0.15) is 0 Å². The van der Waals surface area contributed by atoms with E-state index in [-0.39, 0.29) is 0 Å². The molecule has 1 heterocycles. The molecule has 1 fully saturated rings. The maximum atomic E-state index is 12.7. The number of nitrogens with zero attached hydrogens (tertiary/aromatic N) is 1. The van der Waals surface area contributed by atoms with Gasteiger partial charge in [-0.15, -0.1) is 0 Å². The van der Waals surface area contributed by atoms with E-state index in [9.17, 15) is 9.59 Å². The Bertz CT molecular complexity index is 604. The van der Waals surface area contributed by atoms with Crippen LogP contribution in [-0.2, 0) is 14.3 Å². The molecule has 0 radical (unpaired) electrons. The van der Waals surface area contributed by atoms with Crippen molar-refractivity contribution < 1.29 is 19.1 Å². The predicted octanol–water partition coefficient (Wildman–Crippen LogP) is 3.53. The fraction of sp³-hybridized carbons (Fsp3) is 0.619. The van der Waals surface area contributed by atoms with Crippen LogP contribution in [0.25, 0.3) is 0 Å². The smallest absolute Gasteiger partial charge is 0.408 e. The van der Waals surface area contributed by atoms with E-state index in [1.165, 1.54) is 0 Å². The fourth-order valence-corrected chi connectivity index (χ4v) is 3.10. The van der Waals surface area contributed by atoms with Crippen LogP contribution in [0.5, 0.6) is 0 Å².